The van der Waals surface area contributed by atoms with Gasteiger partial charge in [0.15, 0.2) is 11.5 Å². The number of hydrogen-bond acceptors (Lipinski definition) is 8. The van der Waals surface area contributed by atoms with Crippen LogP contribution in [0.3, 0.4) is 0 Å². The van der Waals surface area contributed by atoms with Crippen LogP contribution in [0.1, 0.15) is 77.3 Å². The maximum absolute atomic E-state index is 14.0. The number of nitrogens with one attached hydrogen (secondary N) is 3. The molecule has 2 fully saturated rings. The third-order valence-electron chi connectivity index (χ3n) is 8.74. The Morgan fingerprint density at radius 3 is 2.55 bits per heavy atom. The highest BCUT2D eigenvalue weighted by molar-refractivity contribution is 5.87. The van der Waals surface area contributed by atoms with E-state index < -0.39 is 5.76 Å². The zero-order valence-corrected chi connectivity index (χ0v) is 23.3. The molecule has 2 atom stereocenters. The lowest BCUT2D eigenvalue weighted by molar-refractivity contribution is 0.267. The molecular formula is C29H37FN8O2. The van der Waals surface area contributed by atoms with Gasteiger partial charge in [0.1, 0.15) is 11.3 Å². The van der Waals surface area contributed by atoms with Crippen molar-refractivity contribution in [2.45, 2.75) is 84.3 Å². The van der Waals surface area contributed by atoms with E-state index in [2.05, 4.69) is 39.2 Å². The lowest BCUT2D eigenvalue weighted by Gasteiger charge is -2.32. The zero-order chi connectivity index (χ0) is 27.8. The van der Waals surface area contributed by atoms with Crippen molar-refractivity contribution in [1.29, 1.82) is 0 Å². The van der Waals surface area contributed by atoms with Crippen molar-refractivity contribution in [3.63, 3.8) is 0 Å². The van der Waals surface area contributed by atoms with Crippen LogP contribution in [0.5, 0.6) is 0 Å². The number of halogens is 1. The molecule has 4 aromatic rings. The summed E-state index contributed by atoms with van der Waals surface area (Å²) in [5.74, 6) is 2.52. The van der Waals surface area contributed by atoms with Gasteiger partial charge in [-0.2, -0.15) is 10.1 Å². The molecule has 0 unspecified atom stereocenters. The van der Waals surface area contributed by atoms with Gasteiger partial charge in [-0.15, -0.1) is 4.98 Å². The minimum Gasteiger partial charge on any atom is -0.365 e. The molecule has 2 aliphatic carbocycles. The molecular weight excluding hydrogens is 511 g/mol. The molecule has 40 heavy (non-hydrogen) atoms. The molecule has 2 aliphatic rings. The van der Waals surface area contributed by atoms with E-state index >= 15 is 0 Å². The van der Waals surface area contributed by atoms with Gasteiger partial charge in [-0.05, 0) is 75.0 Å². The minimum atomic E-state index is -0.737. The van der Waals surface area contributed by atoms with Crippen LogP contribution in [-0.2, 0) is 6.54 Å². The van der Waals surface area contributed by atoms with Gasteiger partial charge in [-0.25, -0.2) is 19.2 Å². The average molecular weight is 549 g/mol. The number of H-pyrrole nitrogens is 1. The number of nitrogens with zero attached hydrogens (tertiary/aromatic N) is 5. The van der Waals surface area contributed by atoms with E-state index in [1.54, 1.807) is 12.1 Å². The molecule has 0 aliphatic heterocycles. The molecule has 6 rings (SSSR count). The second kappa shape index (κ2) is 11.0. The Kier molecular flexibility index (Phi) is 7.29. The topological polar surface area (TPSA) is 127 Å². The van der Waals surface area contributed by atoms with Gasteiger partial charge in [0.25, 0.3) is 0 Å². The largest absolute Gasteiger partial charge is 0.460 e. The van der Waals surface area contributed by atoms with E-state index in [1.165, 1.54) is 38.2 Å². The van der Waals surface area contributed by atoms with Crippen LogP contribution in [0.2, 0.25) is 0 Å². The van der Waals surface area contributed by atoms with Gasteiger partial charge in [0, 0.05) is 12.6 Å². The fourth-order valence-electron chi connectivity index (χ4n) is 5.95. The van der Waals surface area contributed by atoms with Gasteiger partial charge in [0.2, 0.25) is 17.6 Å². The van der Waals surface area contributed by atoms with Crippen LogP contribution in [0.15, 0.2) is 33.6 Å². The molecule has 0 bridgehead atoms. The Hall–Kier alpha value is -3.76. The zero-order valence-electron chi connectivity index (χ0n) is 23.3. The summed E-state index contributed by atoms with van der Waals surface area (Å²) in [6, 6.07) is 6.62. The number of hydrogen-bond donors (Lipinski definition) is 3. The van der Waals surface area contributed by atoms with E-state index in [-0.39, 0.29) is 29.5 Å². The first-order chi connectivity index (χ1) is 19.3. The van der Waals surface area contributed by atoms with Crippen molar-refractivity contribution in [3.05, 3.63) is 46.2 Å². The summed E-state index contributed by atoms with van der Waals surface area (Å²) in [4.78, 5) is 30.0. The van der Waals surface area contributed by atoms with Gasteiger partial charge in [0.05, 0.1) is 6.04 Å². The summed E-state index contributed by atoms with van der Waals surface area (Å²) in [6.07, 6.45) is 8.34. The smallest absolute Gasteiger partial charge is 0.365 e. The molecule has 3 heterocycles. The minimum absolute atomic E-state index is 0.157. The summed E-state index contributed by atoms with van der Waals surface area (Å²) in [6.45, 7) is 7.28. The number of aromatic amines is 1. The van der Waals surface area contributed by atoms with E-state index in [0.29, 0.717) is 29.2 Å². The van der Waals surface area contributed by atoms with Crippen LogP contribution >= 0.6 is 0 Å². The lowest BCUT2D eigenvalue weighted by atomic mass is 9.80. The van der Waals surface area contributed by atoms with Crippen molar-refractivity contribution in [2.24, 2.45) is 17.8 Å². The van der Waals surface area contributed by atoms with Crippen molar-refractivity contribution >= 4 is 22.9 Å². The molecule has 0 saturated heterocycles. The summed E-state index contributed by atoms with van der Waals surface area (Å²) in [5.41, 5.74) is 2.14. The van der Waals surface area contributed by atoms with Crippen LogP contribution < -0.4 is 16.4 Å². The highest BCUT2D eigenvalue weighted by Gasteiger charge is 2.29. The third-order valence-corrected chi connectivity index (χ3v) is 8.74. The van der Waals surface area contributed by atoms with Crippen molar-refractivity contribution in [2.75, 3.05) is 10.6 Å². The molecule has 1 aromatic carbocycles. The van der Waals surface area contributed by atoms with E-state index in [9.17, 15) is 9.18 Å². The number of aromatic nitrogens is 6. The van der Waals surface area contributed by atoms with E-state index in [1.807, 2.05) is 13.0 Å². The quantitative estimate of drug-likeness (QED) is 0.236. The van der Waals surface area contributed by atoms with Crippen molar-refractivity contribution in [1.82, 2.24) is 29.7 Å². The fourth-order valence-corrected chi connectivity index (χ4v) is 5.95. The van der Waals surface area contributed by atoms with Gasteiger partial charge in [-0.3, -0.25) is 0 Å². The second-order valence-electron chi connectivity index (χ2n) is 11.7. The summed E-state index contributed by atoms with van der Waals surface area (Å²) in [7, 11) is 0. The van der Waals surface area contributed by atoms with Crippen LogP contribution in [0.25, 0.3) is 22.8 Å². The van der Waals surface area contributed by atoms with Crippen molar-refractivity contribution in [3.8, 4) is 11.6 Å². The first-order valence-corrected chi connectivity index (χ1v) is 14.5. The van der Waals surface area contributed by atoms with Crippen LogP contribution in [-0.4, -0.2) is 35.7 Å². The Bertz CT molecular complexity index is 1530. The van der Waals surface area contributed by atoms with Gasteiger partial charge in [-0.1, -0.05) is 38.3 Å². The molecule has 0 spiro atoms. The molecule has 10 nitrogen and oxygen atoms in total. The Labute approximate surface area is 232 Å². The first kappa shape index (κ1) is 26.5. The number of imidazole rings is 1. The summed E-state index contributed by atoms with van der Waals surface area (Å²) in [5, 5.41) is 9.71. The fraction of sp³-hybridized carbons (Fsp3) is 0.552. The molecule has 3 aromatic heterocycles. The molecule has 11 heteroatoms. The monoisotopic (exact) mass is 548 g/mol. The number of benzene rings is 1. The predicted octanol–water partition coefficient (Wildman–Crippen LogP) is 5.91. The third kappa shape index (κ3) is 5.46. The Morgan fingerprint density at radius 1 is 1.07 bits per heavy atom. The highest BCUT2D eigenvalue weighted by atomic mass is 19.1. The molecule has 3 N–H and O–H groups in total. The van der Waals surface area contributed by atoms with E-state index in [4.69, 9.17) is 19.5 Å². The Balaban J connectivity index is 1.45. The van der Waals surface area contributed by atoms with Crippen molar-refractivity contribution < 1.29 is 8.91 Å². The lowest BCUT2D eigenvalue weighted by Crippen LogP contribution is -2.31. The molecule has 212 valence electrons. The van der Waals surface area contributed by atoms with Gasteiger partial charge < -0.3 is 19.7 Å². The summed E-state index contributed by atoms with van der Waals surface area (Å²) < 4.78 is 21.0. The molecule has 0 amide bonds. The molecule has 2 saturated carbocycles. The maximum atomic E-state index is 14.0. The first-order valence-electron chi connectivity index (χ1n) is 14.5. The average Bonchev–Trinajstić information content (AvgIpc) is 3.47. The van der Waals surface area contributed by atoms with Crippen LogP contribution in [0, 0.1) is 23.6 Å². The number of fused-ring (bicyclic) bond motifs is 1. The van der Waals surface area contributed by atoms with Gasteiger partial charge >= 0.3 is 5.76 Å². The maximum Gasteiger partial charge on any atom is 0.460 e. The number of rotatable bonds is 9. The summed E-state index contributed by atoms with van der Waals surface area (Å²) >= 11 is 0. The standard InChI is InChI=1S/C29H37FN8O2/c1-16-10-12-19(13-11-16)15-38-23-24(31-17(2)20-6-4-7-20)33-26(27-36-29(39)40-37-27)34-25(23)35-28(38)32-18(3)21-8-5-9-22(30)14-21/h5,8-9,14,16-20H,4,6-7,10-13,15H2,1-3H3,(H,36,37,39)(H2,31,32,33,34,35)/t16-,17-,18+,19-/m1/s1. The SMILES string of the molecule is C[C@H](Nc1nc2nc(-c3nc(=O)o[nH]3)nc(N[C@H](C)C3CCC3)c2n1C[C@H]1CC[C@H](C)CC1)c1cccc(F)c1. The number of anilines is 2. The predicted molar refractivity (Wildman–Crippen MR) is 151 cm³/mol. The van der Waals surface area contributed by atoms with Crippen LogP contribution in [0.4, 0.5) is 16.2 Å². The second-order valence-corrected chi connectivity index (χ2v) is 11.7. The normalized spacial score (nSPS) is 21.2. The van der Waals surface area contributed by atoms with E-state index in [0.717, 1.165) is 36.4 Å². The highest BCUT2D eigenvalue weighted by Crippen LogP contribution is 2.36. The Morgan fingerprint density at radius 2 is 1.88 bits per heavy atom. The molecule has 0 radical (unpaired) electrons.